The van der Waals surface area contributed by atoms with Crippen molar-refractivity contribution in [2.75, 3.05) is 0 Å². The number of carboxylic acids is 1. The molecule has 120 valence electrons. The second-order valence-corrected chi connectivity index (χ2v) is 6.23. The van der Waals surface area contributed by atoms with Crippen LogP contribution in [0.3, 0.4) is 0 Å². The monoisotopic (exact) mass is 320 g/mol. The fourth-order valence-electron chi connectivity index (χ4n) is 4.19. The number of allylic oxidation sites excluding steroid dienone is 1. The second-order valence-electron chi connectivity index (χ2n) is 6.23. The van der Waals surface area contributed by atoms with Crippen LogP contribution in [-0.4, -0.2) is 39.9 Å². The van der Waals surface area contributed by atoms with Crippen LogP contribution in [0, 0.1) is 11.3 Å². The Labute approximate surface area is 129 Å². The van der Waals surface area contributed by atoms with Crippen molar-refractivity contribution >= 4 is 23.9 Å². The number of fused-ring (bicyclic) bond motifs is 1. The lowest BCUT2D eigenvalue weighted by Crippen LogP contribution is -2.43. The van der Waals surface area contributed by atoms with Crippen LogP contribution in [0.15, 0.2) is 22.8 Å². The molecule has 3 atom stereocenters. The number of cyclic esters (lactones) is 2. The Bertz CT molecular complexity index is 759. The van der Waals surface area contributed by atoms with Gasteiger partial charge in [-0.25, -0.2) is 9.59 Å². The van der Waals surface area contributed by atoms with E-state index in [0.717, 1.165) is 0 Å². The van der Waals surface area contributed by atoms with Gasteiger partial charge in [-0.1, -0.05) is 6.08 Å². The zero-order chi connectivity index (χ0) is 16.6. The Kier molecular flexibility index (Phi) is 2.51. The standard InChI is InChI=1S/C15H12O8/c16-9(17)5-14-4-6-10(12(19)22-11(6)18)7-2-1-3-8(14)15(7,21)23-13(14)20/h3,7,21H,1-2,4-5H2,(H,16,17)/t7-,14-,15-/m1/s1. The van der Waals surface area contributed by atoms with E-state index in [2.05, 4.69) is 4.74 Å². The number of carbonyl (C=O) groups excluding carboxylic acids is 3. The number of hydrogen-bond donors (Lipinski definition) is 2. The number of carbonyl (C=O) groups is 4. The summed E-state index contributed by atoms with van der Waals surface area (Å²) in [5.41, 5.74) is -1.56. The minimum absolute atomic E-state index is 0.00265. The van der Waals surface area contributed by atoms with E-state index in [1.54, 1.807) is 6.08 Å². The van der Waals surface area contributed by atoms with Gasteiger partial charge in [0.15, 0.2) is 0 Å². The van der Waals surface area contributed by atoms with Gasteiger partial charge in [-0.3, -0.25) is 9.59 Å². The van der Waals surface area contributed by atoms with Crippen molar-refractivity contribution in [3.8, 4) is 0 Å². The normalized spacial score (nSPS) is 37.9. The van der Waals surface area contributed by atoms with E-state index in [1.165, 1.54) is 0 Å². The summed E-state index contributed by atoms with van der Waals surface area (Å²) in [6.07, 6.45) is 1.35. The number of esters is 3. The highest BCUT2D eigenvalue weighted by Gasteiger charge is 2.69. The van der Waals surface area contributed by atoms with Crippen molar-refractivity contribution in [3.05, 3.63) is 22.8 Å². The van der Waals surface area contributed by atoms with Crippen LogP contribution in [0.2, 0.25) is 0 Å². The van der Waals surface area contributed by atoms with Crippen molar-refractivity contribution in [3.63, 3.8) is 0 Å². The molecule has 0 spiro atoms. The van der Waals surface area contributed by atoms with E-state index < -0.39 is 47.4 Å². The molecule has 0 unspecified atom stereocenters. The van der Waals surface area contributed by atoms with Crippen LogP contribution < -0.4 is 0 Å². The van der Waals surface area contributed by atoms with Crippen molar-refractivity contribution < 1.29 is 38.9 Å². The summed E-state index contributed by atoms with van der Waals surface area (Å²) in [5, 5.41) is 20.1. The van der Waals surface area contributed by atoms with Gasteiger partial charge in [-0.2, -0.15) is 0 Å². The molecule has 2 heterocycles. The summed E-state index contributed by atoms with van der Waals surface area (Å²) in [5.74, 6) is -6.91. The molecule has 0 amide bonds. The first-order chi connectivity index (χ1) is 10.8. The molecule has 4 aliphatic rings. The number of aliphatic carboxylic acids is 1. The van der Waals surface area contributed by atoms with Gasteiger partial charge >= 0.3 is 23.9 Å². The molecule has 4 bridgehead atoms. The lowest BCUT2D eigenvalue weighted by molar-refractivity contribution is -0.197. The van der Waals surface area contributed by atoms with Crippen molar-refractivity contribution in [2.45, 2.75) is 31.5 Å². The summed E-state index contributed by atoms with van der Waals surface area (Å²) in [6.45, 7) is 0. The van der Waals surface area contributed by atoms with Gasteiger partial charge in [0.05, 0.1) is 23.5 Å². The maximum Gasteiger partial charge on any atom is 0.342 e. The summed E-state index contributed by atoms with van der Waals surface area (Å²) >= 11 is 0. The molecule has 1 fully saturated rings. The predicted octanol–water partition coefficient (Wildman–Crippen LogP) is -0.187. The Balaban J connectivity index is 2.01. The number of ether oxygens (including phenoxy) is 2. The fourth-order valence-corrected chi connectivity index (χ4v) is 4.19. The van der Waals surface area contributed by atoms with E-state index >= 15 is 0 Å². The van der Waals surface area contributed by atoms with Gasteiger partial charge in [-0.15, -0.1) is 0 Å². The first kappa shape index (κ1) is 14.1. The Morgan fingerprint density at radius 3 is 2.74 bits per heavy atom. The van der Waals surface area contributed by atoms with Crippen molar-refractivity contribution in [2.24, 2.45) is 11.3 Å². The summed E-state index contributed by atoms with van der Waals surface area (Å²) in [7, 11) is 0. The van der Waals surface area contributed by atoms with Gasteiger partial charge in [0.2, 0.25) is 5.79 Å². The topological polar surface area (TPSA) is 127 Å². The molecule has 2 aliphatic carbocycles. The Hall–Kier alpha value is -2.48. The number of hydrogen-bond acceptors (Lipinski definition) is 7. The number of rotatable bonds is 2. The van der Waals surface area contributed by atoms with E-state index in [1.807, 2.05) is 0 Å². The lowest BCUT2D eigenvalue weighted by atomic mass is 9.69. The smallest absolute Gasteiger partial charge is 0.342 e. The van der Waals surface area contributed by atoms with E-state index in [9.17, 15) is 29.4 Å². The van der Waals surface area contributed by atoms with Crippen LogP contribution in [0.1, 0.15) is 25.7 Å². The van der Waals surface area contributed by atoms with Gasteiger partial charge in [-0.05, 0) is 12.8 Å². The molecule has 0 aromatic carbocycles. The zero-order valence-corrected chi connectivity index (χ0v) is 11.8. The maximum absolute atomic E-state index is 12.4. The van der Waals surface area contributed by atoms with Crippen LogP contribution in [0.5, 0.6) is 0 Å². The van der Waals surface area contributed by atoms with E-state index in [0.29, 0.717) is 6.42 Å². The first-order valence-electron chi connectivity index (χ1n) is 7.18. The molecule has 1 saturated heterocycles. The molecule has 0 radical (unpaired) electrons. The highest BCUT2D eigenvalue weighted by Crippen LogP contribution is 2.61. The molecule has 2 N–H and O–H groups in total. The lowest BCUT2D eigenvalue weighted by Gasteiger charge is -2.35. The average Bonchev–Trinajstić information content (AvgIpc) is 2.82. The molecule has 23 heavy (non-hydrogen) atoms. The highest BCUT2D eigenvalue weighted by atomic mass is 16.7. The van der Waals surface area contributed by atoms with Crippen LogP contribution >= 0.6 is 0 Å². The molecule has 0 saturated carbocycles. The molecule has 0 aromatic heterocycles. The summed E-state index contributed by atoms with van der Waals surface area (Å²) < 4.78 is 9.76. The van der Waals surface area contributed by atoms with Gasteiger partial charge in [0.1, 0.15) is 5.41 Å². The van der Waals surface area contributed by atoms with E-state index in [-0.39, 0.29) is 29.6 Å². The quantitative estimate of drug-likeness (QED) is 0.407. The van der Waals surface area contributed by atoms with Gasteiger partial charge < -0.3 is 19.7 Å². The Morgan fingerprint density at radius 1 is 1.30 bits per heavy atom. The van der Waals surface area contributed by atoms with Gasteiger partial charge in [0, 0.05) is 12.0 Å². The van der Waals surface area contributed by atoms with Crippen LogP contribution in [-0.2, 0) is 28.7 Å². The van der Waals surface area contributed by atoms with Crippen molar-refractivity contribution in [1.82, 2.24) is 0 Å². The molecule has 8 heteroatoms. The summed E-state index contributed by atoms with van der Waals surface area (Å²) in [6, 6.07) is 0. The molecule has 0 aromatic rings. The molecular weight excluding hydrogens is 308 g/mol. The highest BCUT2D eigenvalue weighted by molar-refractivity contribution is 6.14. The van der Waals surface area contributed by atoms with Crippen LogP contribution in [0.25, 0.3) is 0 Å². The van der Waals surface area contributed by atoms with Crippen molar-refractivity contribution in [1.29, 1.82) is 0 Å². The maximum atomic E-state index is 12.4. The SMILES string of the molecule is O=C(O)C[C@]12CC3=C(C(=O)OC3=O)[C@H]3CCC=C1[C@]3(O)OC2=O. The number of aliphatic hydroxyl groups is 1. The molecule has 2 aliphatic heterocycles. The zero-order valence-electron chi connectivity index (χ0n) is 11.8. The second kappa shape index (κ2) is 4.08. The van der Waals surface area contributed by atoms with Crippen LogP contribution in [0.4, 0.5) is 0 Å². The first-order valence-corrected chi connectivity index (χ1v) is 7.18. The third-order valence-corrected chi connectivity index (χ3v) is 5.07. The molecule has 8 nitrogen and oxygen atoms in total. The molecule has 4 rings (SSSR count). The average molecular weight is 320 g/mol. The largest absolute Gasteiger partial charge is 0.481 e. The predicted molar refractivity (Wildman–Crippen MR) is 69.3 cm³/mol. The Morgan fingerprint density at radius 2 is 2.04 bits per heavy atom. The molecular formula is C15H12O8. The number of carboxylic acid groups (broad SMARTS) is 1. The third kappa shape index (κ3) is 1.53. The minimum atomic E-state index is -2.09. The summed E-state index contributed by atoms with van der Waals surface area (Å²) in [4.78, 5) is 47.7. The fraction of sp³-hybridized carbons (Fsp3) is 0.467. The third-order valence-electron chi connectivity index (χ3n) is 5.07. The van der Waals surface area contributed by atoms with E-state index in [4.69, 9.17) is 4.74 Å². The van der Waals surface area contributed by atoms with Gasteiger partial charge in [0.25, 0.3) is 0 Å². The minimum Gasteiger partial charge on any atom is -0.481 e.